The van der Waals surface area contributed by atoms with Crippen molar-refractivity contribution in [2.45, 2.75) is 19.9 Å². The molecule has 0 saturated heterocycles. The zero-order chi connectivity index (χ0) is 19.4. The normalized spacial score (nSPS) is 12.0. The van der Waals surface area contributed by atoms with E-state index in [0.29, 0.717) is 22.3 Å². The van der Waals surface area contributed by atoms with Crippen molar-refractivity contribution >= 4 is 17.5 Å². The molecule has 1 N–H and O–H groups in total. The van der Waals surface area contributed by atoms with Crippen molar-refractivity contribution < 1.29 is 14.1 Å². The molecule has 3 aromatic rings. The molecular weight excluding hydrogens is 366 g/mol. The smallest absolute Gasteiger partial charge is 0.253 e. The minimum Gasteiger partial charge on any atom is -0.497 e. The number of hydrogen-bond acceptors (Lipinski definition) is 5. The van der Waals surface area contributed by atoms with Crippen molar-refractivity contribution in [3.63, 3.8) is 0 Å². The fourth-order valence-electron chi connectivity index (χ4n) is 2.60. The average molecular weight is 386 g/mol. The van der Waals surface area contributed by atoms with Crippen LogP contribution in [0, 0.1) is 5.92 Å². The third-order valence-electron chi connectivity index (χ3n) is 4.13. The van der Waals surface area contributed by atoms with Crippen molar-refractivity contribution in [2.75, 3.05) is 7.11 Å². The van der Waals surface area contributed by atoms with E-state index in [9.17, 15) is 4.79 Å². The molecular formula is C20H20ClN3O3. The summed E-state index contributed by atoms with van der Waals surface area (Å²) in [4.78, 5) is 17.1. The molecule has 0 aliphatic heterocycles. The van der Waals surface area contributed by atoms with Crippen LogP contribution in [0.25, 0.3) is 11.4 Å². The average Bonchev–Trinajstić information content (AvgIpc) is 3.16. The summed E-state index contributed by atoms with van der Waals surface area (Å²) in [5.74, 6) is 1.29. The molecule has 27 heavy (non-hydrogen) atoms. The zero-order valence-corrected chi connectivity index (χ0v) is 16.0. The predicted octanol–water partition coefficient (Wildman–Crippen LogP) is 4.53. The molecule has 1 aromatic heterocycles. The van der Waals surface area contributed by atoms with Gasteiger partial charge in [-0.15, -0.1) is 0 Å². The Hall–Kier alpha value is -2.86. The molecule has 140 valence electrons. The molecule has 1 unspecified atom stereocenters. The predicted molar refractivity (Wildman–Crippen MR) is 103 cm³/mol. The lowest BCUT2D eigenvalue weighted by Gasteiger charge is -2.18. The molecule has 0 aliphatic rings. The van der Waals surface area contributed by atoms with Gasteiger partial charge in [0.05, 0.1) is 17.7 Å². The Balaban J connectivity index is 1.82. The number of carbonyl (C=O) groups excluding carboxylic acids is 1. The monoisotopic (exact) mass is 385 g/mol. The van der Waals surface area contributed by atoms with E-state index in [4.69, 9.17) is 20.9 Å². The van der Waals surface area contributed by atoms with Crippen LogP contribution in [0.15, 0.2) is 53.1 Å². The highest BCUT2D eigenvalue weighted by Crippen LogP contribution is 2.26. The van der Waals surface area contributed by atoms with E-state index in [1.807, 2.05) is 38.1 Å². The minimum absolute atomic E-state index is 0.0422. The Morgan fingerprint density at radius 1 is 1.15 bits per heavy atom. The second-order valence-electron chi connectivity index (χ2n) is 6.36. The van der Waals surface area contributed by atoms with Crippen LogP contribution in [-0.2, 0) is 0 Å². The van der Waals surface area contributed by atoms with Gasteiger partial charge >= 0.3 is 0 Å². The first kappa shape index (κ1) is 18.9. The third kappa shape index (κ3) is 4.28. The number of rotatable bonds is 6. The lowest BCUT2D eigenvalue weighted by atomic mass is 10.0. The molecule has 1 atom stereocenters. The zero-order valence-electron chi connectivity index (χ0n) is 15.3. The number of carbonyl (C=O) groups is 1. The van der Waals surface area contributed by atoms with Gasteiger partial charge in [0, 0.05) is 5.56 Å². The Kier molecular flexibility index (Phi) is 5.76. The second kappa shape index (κ2) is 8.22. The van der Waals surface area contributed by atoms with Crippen LogP contribution in [0.5, 0.6) is 5.75 Å². The number of benzene rings is 2. The summed E-state index contributed by atoms with van der Waals surface area (Å²) in [6.07, 6.45) is 0. The van der Waals surface area contributed by atoms with Gasteiger partial charge in [0.1, 0.15) is 11.8 Å². The van der Waals surface area contributed by atoms with Gasteiger partial charge < -0.3 is 14.6 Å². The van der Waals surface area contributed by atoms with Gasteiger partial charge in [-0.3, -0.25) is 4.79 Å². The highest BCUT2D eigenvalue weighted by atomic mass is 35.5. The summed E-state index contributed by atoms with van der Waals surface area (Å²) >= 11 is 6.11. The van der Waals surface area contributed by atoms with E-state index in [1.54, 1.807) is 31.4 Å². The van der Waals surface area contributed by atoms with Crippen LogP contribution in [0.3, 0.4) is 0 Å². The first-order valence-electron chi connectivity index (χ1n) is 8.53. The molecule has 1 amide bonds. The maximum Gasteiger partial charge on any atom is 0.253 e. The van der Waals surface area contributed by atoms with E-state index in [-0.39, 0.29) is 11.8 Å². The molecule has 0 radical (unpaired) electrons. The Morgan fingerprint density at radius 3 is 2.48 bits per heavy atom. The van der Waals surface area contributed by atoms with Crippen LogP contribution in [0.2, 0.25) is 5.02 Å². The lowest BCUT2D eigenvalue weighted by Crippen LogP contribution is -2.32. The van der Waals surface area contributed by atoms with E-state index < -0.39 is 6.04 Å². The standard InChI is InChI=1S/C20H20ClN3O3/c1-12(2)17(22-19(25)15-6-4-5-7-16(15)21)20-23-18(24-27-20)13-8-10-14(26-3)11-9-13/h4-12,17H,1-3H3,(H,22,25). The van der Waals surface area contributed by atoms with Gasteiger partial charge in [-0.2, -0.15) is 4.98 Å². The second-order valence-corrected chi connectivity index (χ2v) is 6.77. The fraction of sp³-hybridized carbons (Fsp3) is 0.250. The Labute approximate surface area is 162 Å². The van der Waals surface area contributed by atoms with Crippen LogP contribution < -0.4 is 10.1 Å². The first-order valence-corrected chi connectivity index (χ1v) is 8.91. The molecule has 7 heteroatoms. The molecule has 0 spiro atoms. The van der Waals surface area contributed by atoms with Gasteiger partial charge in [0.2, 0.25) is 11.7 Å². The van der Waals surface area contributed by atoms with Gasteiger partial charge in [0.15, 0.2) is 0 Å². The van der Waals surface area contributed by atoms with Crippen LogP contribution >= 0.6 is 11.6 Å². The largest absolute Gasteiger partial charge is 0.497 e. The molecule has 0 aliphatic carbocycles. The summed E-state index contributed by atoms with van der Waals surface area (Å²) in [6, 6.07) is 13.8. The minimum atomic E-state index is -0.437. The van der Waals surface area contributed by atoms with Crippen molar-refractivity contribution in [1.29, 1.82) is 0 Å². The lowest BCUT2D eigenvalue weighted by molar-refractivity contribution is 0.0914. The van der Waals surface area contributed by atoms with Crippen LogP contribution in [0.4, 0.5) is 0 Å². The SMILES string of the molecule is COc1ccc(-c2noc(C(NC(=O)c3ccccc3Cl)C(C)C)n2)cc1. The maximum absolute atomic E-state index is 12.6. The number of nitrogens with zero attached hydrogens (tertiary/aromatic N) is 2. The molecule has 6 nitrogen and oxygen atoms in total. The highest BCUT2D eigenvalue weighted by molar-refractivity contribution is 6.33. The number of halogens is 1. The number of aromatic nitrogens is 2. The summed E-state index contributed by atoms with van der Waals surface area (Å²) in [5, 5.41) is 7.36. The summed E-state index contributed by atoms with van der Waals surface area (Å²) in [7, 11) is 1.61. The van der Waals surface area contributed by atoms with E-state index in [0.717, 1.165) is 11.3 Å². The number of methoxy groups -OCH3 is 1. The Morgan fingerprint density at radius 2 is 1.85 bits per heavy atom. The van der Waals surface area contributed by atoms with Crippen molar-refractivity contribution in [3.8, 4) is 17.1 Å². The first-order chi connectivity index (χ1) is 13.0. The highest BCUT2D eigenvalue weighted by Gasteiger charge is 2.26. The van der Waals surface area contributed by atoms with Crippen molar-refractivity contribution in [2.24, 2.45) is 5.92 Å². The number of hydrogen-bond donors (Lipinski definition) is 1. The van der Waals surface area contributed by atoms with E-state index in [1.165, 1.54) is 0 Å². The molecule has 1 heterocycles. The summed E-state index contributed by atoms with van der Waals surface area (Å²) in [5.41, 5.74) is 1.20. The summed E-state index contributed by atoms with van der Waals surface area (Å²) in [6.45, 7) is 3.93. The molecule has 2 aromatic carbocycles. The van der Waals surface area contributed by atoms with Gasteiger partial charge in [-0.1, -0.05) is 42.7 Å². The Bertz CT molecular complexity index is 922. The van der Waals surface area contributed by atoms with Gasteiger partial charge in [-0.25, -0.2) is 0 Å². The molecule has 3 rings (SSSR count). The quantitative estimate of drug-likeness (QED) is 0.674. The van der Waals surface area contributed by atoms with Crippen LogP contribution in [0.1, 0.15) is 36.1 Å². The molecule has 0 bridgehead atoms. The molecule has 0 saturated carbocycles. The topological polar surface area (TPSA) is 77.3 Å². The number of amides is 1. The van der Waals surface area contributed by atoms with Gasteiger partial charge in [0.25, 0.3) is 5.91 Å². The van der Waals surface area contributed by atoms with E-state index >= 15 is 0 Å². The van der Waals surface area contributed by atoms with Crippen molar-refractivity contribution in [1.82, 2.24) is 15.5 Å². The third-order valence-corrected chi connectivity index (χ3v) is 4.46. The van der Waals surface area contributed by atoms with Crippen molar-refractivity contribution in [3.05, 3.63) is 65.0 Å². The summed E-state index contributed by atoms with van der Waals surface area (Å²) < 4.78 is 10.6. The number of nitrogens with one attached hydrogen (secondary N) is 1. The van der Waals surface area contributed by atoms with Gasteiger partial charge in [-0.05, 0) is 42.3 Å². The van der Waals surface area contributed by atoms with E-state index in [2.05, 4.69) is 15.5 Å². The molecule has 0 fully saturated rings. The maximum atomic E-state index is 12.6. The van der Waals surface area contributed by atoms with Crippen LogP contribution in [-0.4, -0.2) is 23.2 Å². The number of ether oxygens (including phenoxy) is 1. The fourth-order valence-corrected chi connectivity index (χ4v) is 2.82.